The van der Waals surface area contributed by atoms with Crippen molar-refractivity contribution in [2.45, 2.75) is 32.9 Å². The first-order chi connectivity index (χ1) is 13.4. The van der Waals surface area contributed by atoms with Crippen molar-refractivity contribution in [2.24, 2.45) is 0 Å². The second kappa shape index (κ2) is 8.04. The van der Waals surface area contributed by atoms with Crippen LogP contribution >= 0.6 is 0 Å². The smallest absolute Gasteiger partial charge is 0.326 e. The first-order valence-corrected chi connectivity index (χ1v) is 8.99. The number of rotatable bonds is 6. The molecule has 1 amide bonds. The zero-order chi connectivity index (χ0) is 20.3. The summed E-state index contributed by atoms with van der Waals surface area (Å²) in [6, 6.07) is 11.2. The van der Waals surface area contributed by atoms with Crippen LogP contribution in [0.25, 0.3) is 11.0 Å². The lowest BCUT2D eigenvalue weighted by molar-refractivity contribution is -0.139. The van der Waals surface area contributed by atoms with Gasteiger partial charge in [-0.2, -0.15) is 0 Å². The number of pyridine rings is 2. The Balaban J connectivity index is 1.96. The number of aliphatic carboxylic acids is 1. The summed E-state index contributed by atoms with van der Waals surface area (Å²) in [6.45, 7) is 4.22. The molecule has 0 saturated carbocycles. The zero-order valence-corrected chi connectivity index (χ0v) is 15.7. The van der Waals surface area contributed by atoms with Crippen LogP contribution in [0.5, 0.6) is 0 Å². The molecule has 2 heterocycles. The van der Waals surface area contributed by atoms with E-state index in [1.807, 2.05) is 19.9 Å². The number of aromatic nitrogens is 2. The minimum atomic E-state index is -1.16. The number of nitrogens with zero attached hydrogens (tertiary/aromatic N) is 2. The van der Waals surface area contributed by atoms with Gasteiger partial charge >= 0.3 is 5.97 Å². The standard InChI is InChI=1S/C21H21N3O4/c1-3-24-12-16(18(25)15-10-9-13(2)22-19(15)24)20(26)23-17(21(27)28)11-14-7-5-4-6-8-14/h4-10,12,17H,3,11H2,1-2H3,(H,23,26)(H,27,28)/t17-/m1/s1. The Bertz CT molecular complexity index is 1090. The summed E-state index contributed by atoms with van der Waals surface area (Å²) in [7, 11) is 0. The molecule has 0 aliphatic heterocycles. The van der Waals surface area contributed by atoms with E-state index in [2.05, 4.69) is 10.3 Å². The Hall–Kier alpha value is -3.48. The number of amides is 1. The van der Waals surface area contributed by atoms with Crippen molar-refractivity contribution >= 4 is 22.9 Å². The van der Waals surface area contributed by atoms with Crippen molar-refractivity contribution in [1.82, 2.24) is 14.9 Å². The number of nitrogens with one attached hydrogen (secondary N) is 1. The highest BCUT2D eigenvalue weighted by atomic mass is 16.4. The van der Waals surface area contributed by atoms with Gasteiger partial charge in [-0.3, -0.25) is 9.59 Å². The van der Waals surface area contributed by atoms with Crippen LogP contribution in [-0.2, 0) is 17.8 Å². The van der Waals surface area contributed by atoms with Crippen molar-refractivity contribution in [3.05, 3.63) is 75.7 Å². The number of fused-ring (bicyclic) bond motifs is 1. The monoisotopic (exact) mass is 379 g/mol. The summed E-state index contributed by atoms with van der Waals surface area (Å²) in [4.78, 5) is 41.5. The second-order valence-corrected chi connectivity index (χ2v) is 6.54. The molecule has 2 aromatic heterocycles. The number of carboxylic acids is 1. The lowest BCUT2D eigenvalue weighted by atomic mass is 10.1. The van der Waals surface area contributed by atoms with Crippen LogP contribution in [0.2, 0.25) is 0 Å². The molecule has 0 fully saturated rings. The van der Waals surface area contributed by atoms with Gasteiger partial charge in [-0.1, -0.05) is 30.3 Å². The van der Waals surface area contributed by atoms with Crippen molar-refractivity contribution < 1.29 is 14.7 Å². The van der Waals surface area contributed by atoms with Gasteiger partial charge in [-0.15, -0.1) is 0 Å². The Morgan fingerprint density at radius 3 is 2.54 bits per heavy atom. The van der Waals surface area contributed by atoms with Gasteiger partial charge in [0, 0.05) is 24.9 Å². The van der Waals surface area contributed by atoms with Gasteiger partial charge in [0.25, 0.3) is 5.91 Å². The molecular weight excluding hydrogens is 358 g/mol. The SMILES string of the molecule is CCn1cc(C(=O)N[C@H](Cc2ccccc2)C(=O)O)c(=O)c2ccc(C)nc21. The Kier molecular flexibility index (Phi) is 5.54. The third-order valence-corrected chi connectivity index (χ3v) is 4.53. The summed E-state index contributed by atoms with van der Waals surface area (Å²) < 4.78 is 1.71. The highest BCUT2D eigenvalue weighted by molar-refractivity contribution is 5.98. The first kappa shape index (κ1) is 19.3. The fraction of sp³-hybridized carbons (Fsp3) is 0.238. The van der Waals surface area contributed by atoms with E-state index >= 15 is 0 Å². The van der Waals surface area contributed by atoms with E-state index in [1.165, 1.54) is 6.20 Å². The van der Waals surface area contributed by atoms with Gasteiger partial charge in [0.1, 0.15) is 17.3 Å². The Labute approximate surface area is 161 Å². The predicted octanol–water partition coefficient (Wildman–Crippen LogP) is 2.15. The molecule has 7 heteroatoms. The highest BCUT2D eigenvalue weighted by Gasteiger charge is 2.23. The maximum Gasteiger partial charge on any atom is 0.326 e. The van der Waals surface area contributed by atoms with Crippen molar-refractivity contribution in [1.29, 1.82) is 0 Å². The van der Waals surface area contributed by atoms with Gasteiger partial charge in [-0.25, -0.2) is 9.78 Å². The number of hydrogen-bond acceptors (Lipinski definition) is 4. The molecule has 0 unspecified atom stereocenters. The number of carbonyl (C=O) groups excluding carboxylic acids is 1. The number of benzene rings is 1. The van der Waals surface area contributed by atoms with E-state index in [-0.39, 0.29) is 12.0 Å². The predicted molar refractivity (Wildman–Crippen MR) is 105 cm³/mol. The van der Waals surface area contributed by atoms with E-state index in [0.717, 1.165) is 11.3 Å². The molecular formula is C21H21N3O4. The Morgan fingerprint density at radius 2 is 1.89 bits per heavy atom. The summed E-state index contributed by atoms with van der Waals surface area (Å²) in [5, 5.41) is 12.3. The van der Waals surface area contributed by atoms with E-state index in [0.29, 0.717) is 17.6 Å². The Morgan fingerprint density at radius 1 is 1.18 bits per heavy atom. The van der Waals surface area contributed by atoms with Gasteiger partial charge < -0.3 is 15.0 Å². The maximum atomic E-state index is 12.8. The molecule has 1 atom stereocenters. The van der Waals surface area contributed by atoms with E-state index in [4.69, 9.17) is 0 Å². The molecule has 2 N–H and O–H groups in total. The molecule has 0 aliphatic carbocycles. The molecule has 3 aromatic rings. The van der Waals surface area contributed by atoms with E-state index in [1.54, 1.807) is 41.0 Å². The third kappa shape index (κ3) is 3.93. The molecule has 0 radical (unpaired) electrons. The number of carbonyl (C=O) groups is 2. The van der Waals surface area contributed by atoms with Crippen LogP contribution < -0.4 is 10.7 Å². The van der Waals surface area contributed by atoms with Gasteiger partial charge in [-0.05, 0) is 31.5 Å². The molecule has 144 valence electrons. The van der Waals surface area contributed by atoms with Crippen LogP contribution in [0.1, 0.15) is 28.5 Å². The normalized spacial score (nSPS) is 11.9. The van der Waals surface area contributed by atoms with E-state index in [9.17, 15) is 19.5 Å². The summed E-state index contributed by atoms with van der Waals surface area (Å²) in [5.41, 5.74) is 1.48. The average Bonchev–Trinajstić information content (AvgIpc) is 2.68. The maximum absolute atomic E-state index is 12.8. The van der Waals surface area contributed by atoms with Crippen LogP contribution in [0.15, 0.2) is 53.5 Å². The molecule has 1 aromatic carbocycles. The van der Waals surface area contributed by atoms with Crippen LogP contribution in [0.3, 0.4) is 0 Å². The minimum Gasteiger partial charge on any atom is -0.480 e. The molecule has 0 spiro atoms. The lowest BCUT2D eigenvalue weighted by Gasteiger charge is -2.16. The van der Waals surface area contributed by atoms with Gasteiger partial charge in [0.2, 0.25) is 5.43 Å². The quantitative estimate of drug-likeness (QED) is 0.683. The highest BCUT2D eigenvalue weighted by Crippen LogP contribution is 2.11. The molecule has 28 heavy (non-hydrogen) atoms. The molecule has 3 rings (SSSR count). The fourth-order valence-corrected chi connectivity index (χ4v) is 3.05. The summed E-state index contributed by atoms with van der Waals surface area (Å²) in [6.07, 6.45) is 1.56. The molecule has 0 bridgehead atoms. The van der Waals surface area contributed by atoms with Crippen LogP contribution in [0, 0.1) is 6.92 Å². The largest absolute Gasteiger partial charge is 0.480 e. The van der Waals surface area contributed by atoms with Crippen molar-refractivity contribution in [3.63, 3.8) is 0 Å². The number of aryl methyl sites for hydroxylation is 2. The minimum absolute atomic E-state index is 0.0979. The third-order valence-electron chi connectivity index (χ3n) is 4.53. The van der Waals surface area contributed by atoms with E-state index < -0.39 is 23.3 Å². The zero-order valence-electron chi connectivity index (χ0n) is 15.7. The number of carboxylic acid groups (broad SMARTS) is 1. The first-order valence-electron chi connectivity index (χ1n) is 8.99. The summed E-state index contributed by atoms with van der Waals surface area (Å²) >= 11 is 0. The van der Waals surface area contributed by atoms with Crippen molar-refractivity contribution in [3.8, 4) is 0 Å². The van der Waals surface area contributed by atoms with Gasteiger partial charge in [0.05, 0.1) is 5.39 Å². The van der Waals surface area contributed by atoms with Crippen molar-refractivity contribution in [2.75, 3.05) is 0 Å². The fourth-order valence-electron chi connectivity index (χ4n) is 3.05. The second-order valence-electron chi connectivity index (χ2n) is 6.54. The topological polar surface area (TPSA) is 101 Å². The average molecular weight is 379 g/mol. The van der Waals surface area contributed by atoms with Gasteiger partial charge in [0.15, 0.2) is 0 Å². The van der Waals surface area contributed by atoms with Crippen LogP contribution in [-0.4, -0.2) is 32.6 Å². The molecule has 0 aliphatic rings. The number of hydrogen-bond donors (Lipinski definition) is 2. The van der Waals surface area contributed by atoms with Crippen LogP contribution in [0.4, 0.5) is 0 Å². The summed E-state index contributed by atoms with van der Waals surface area (Å²) in [5.74, 6) is -1.87. The lowest BCUT2D eigenvalue weighted by Crippen LogP contribution is -2.43. The molecule has 7 nitrogen and oxygen atoms in total. The molecule has 0 saturated heterocycles.